The molecule has 112 valence electrons. The van der Waals surface area contributed by atoms with Crippen LogP contribution in [0.5, 0.6) is 5.75 Å². The van der Waals surface area contributed by atoms with Crippen LogP contribution >= 0.6 is 0 Å². The van der Waals surface area contributed by atoms with E-state index in [1.165, 1.54) is 34.7 Å². The van der Waals surface area contributed by atoms with Crippen LogP contribution in [0.1, 0.15) is 6.04 Å². The highest BCUT2D eigenvalue weighted by atomic mass is 32.2. The van der Waals surface area contributed by atoms with Gasteiger partial charge in [-0.05, 0) is 18.2 Å². The highest BCUT2D eigenvalue weighted by Crippen LogP contribution is 2.32. The third-order valence-electron chi connectivity index (χ3n) is 3.34. The summed E-state index contributed by atoms with van der Waals surface area (Å²) in [5.74, 6) is -0.503. The van der Waals surface area contributed by atoms with Crippen molar-refractivity contribution in [3.05, 3.63) is 36.4 Å². The van der Waals surface area contributed by atoms with Gasteiger partial charge in [0.1, 0.15) is 16.5 Å². The third-order valence-corrected chi connectivity index (χ3v) is 5.19. The van der Waals surface area contributed by atoms with Crippen LogP contribution in [-0.2, 0) is 10.0 Å². The number of benzene rings is 1. The largest absolute Gasteiger partial charge is 0.495 e. The normalized spacial score (nSPS) is 16.7. The van der Waals surface area contributed by atoms with Crippen molar-refractivity contribution in [2.24, 2.45) is 0 Å². The molecule has 21 heavy (non-hydrogen) atoms. The average molecular weight is 312 g/mol. The Morgan fingerprint density at radius 3 is 2.57 bits per heavy atom. The highest BCUT2D eigenvalue weighted by molar-refractivity contribution is 7.89. The summed E-state index contributed by atoms with van der Waals surface area (Å²) in [4.78, 5) is 1.30. The SMILES string of the molecule is COc1ccc(F)cc1S(=O)(=O)N1CC(n2nccn2)C1. The van der Waals surface area contributed by atoms with E-state index in [2.05, 4.69) is 10.2 Å². The first-order chi connectivity index (χ1) is 10.0. The predicted molar refractivity (Wildman–Crippen MR) is 70.8 cm³/mol. The maximum Gasteiger partial charge on any atom is 0.247 e. The summed E-state index contributed by atoms with van der Waals surface area (Å²) in [5, 5.41) is 7.95. The van der Waals surface area contributed by atoms with Crippen molar-refractivity contribution in [2.75, 3.05) is 20.2 Å². The molecule has 0 radical (unpaired) electrons. The molecular formula is C12H13FN4O3S. The molecule has 3 rings (SSSR count). The van der Waals surface area contributed by atoms with Crippen LogP contribution in [0, 0.1) is 5.82 Å². The van der Waals surface area contributed by atoms with Crippen LogP contribution < -0.4 is 4.74 Å². The van der Waals surface area contributed by atoms with Crippen LogP contribution in [0.4, 0.5) is 4.39 Å². The van der Waals surface area contributed by atoms with E-state index in [4.69, 9.17) is 4.74 Å². The van der Waals surface area contributed by atoms with Gasteiger partial charge in [0.05, 0.1) is 25.5 Å². The lowest BCUT2D eigenvalue weighted by Gasteiger charge is -2.37. The van der Waals surface area contributed by atoms with Crippen LogP contribution in [0.15, 0.2) is 35.5 Å². The fourth-order valence-corrected chi connectivity index (χ4v) is 3.85. The molecule has 1 saturated heterocycles. The molecule has 0 spiro atoms. The van der Waals surface area contributed by atoms with Crippen LogP contribution in [0.25, 0.3) is 0 Å². The van der Waals surface area contributed by atoms with E-state index >= 15 is 0 Å². The molecule has 7 nitrogen and oxygen atoms in total. The van der Waals surface area contributed by atoms with E-state index in [0.29, 0.717) is 0 Å². The first kappa shape index (κ1) is 14.0. The lowest BCUT2D eigenvalue weighted by molar-refractivity contribution is 0.175. The topological polar surface area (TPSA) is 77.3 Å². The zero-order chi connectivity index (χ0) is 15.0. The van der Waals surface area contributed by atoms with E-state index in [1.807, 2.05) is 0 Å². The average Bonchev–Trinajstić information content (AvgIpc) is 2.90. The second kappa shape index (κ2) is 5.08. The van der Waals surface area contributed by atoms with Gasteiger partial charge in [0.25, 0.3) is 0 Å². The van der Waals surface area contributed by atoms with Gasteiger partial charge in [0.2, 0.25) is 10.0 Å². The summed E-state index contributed by atoms with van der Waals surface area (Å²) >= 11 is 0. The summed E-state index contributed by atoms with van der Waals surface area (Å²) < 4.78 is 44.6. The van der Waals surface area contributed by atoms with Gasteiger partial charge in [0, 0.05) is 13.1 Å². The molecule has 0 aliphatic carbocycles. The van der Waals surface area contributed by atoms with Crippen molar-refractivity contribution in [3.63, 3.8) is 0 Å². The Kier molecular flexibility index (Phi) is 3.38. The number of ether oxygens (including phenoxy) is 1. The van der Waals surface area contributed by atoms with Crippen LogP contribution in [0.2, 0.25) is 0 Å². The molecule has 1 aliphatic heterocycles. The minimum Gasteiger partial charge on any atom is -0.495 e. The number of sulfonamides is 1. The van der Waals surface area contributed by atoms with Gasteiger partial charge in [-0.1, -0.05) is 0 Å². The quantitative estimate of drug-likeness (QED) is 0.829. The van der Waals surface area contributed by atoms with Gasteiger partial charge in [-0.25, -0.2) is 12.8 Å². The summed E-state index contributed by atoms with van der Waals surface area (Å²) in [6, 6.07) is 3.32. The lowest BCUT2D eigenvalue weighted by atomic mass is 10.2. The Labute approximate surface area is 121 Å². The number of halogens is 1. The second-order valence-electron chi connectivity index (χ2n) is 4.62. The molecule has 0 saturated carbocycles. The maximum atomic E-state index is 13.3. The molecule has 1 fully saturated rings. The lowest BCUT2D eigenvalue weighted by Crippen LogP contribution is -2.51. The molecule has 0 amide bonds. The zero-order valence-electron chi connectivity index (χ0n) is 11.2. The number of rotatable bonds is 4. The molecule has 0 bridgehead atoms. The third kappa shape index (κ3) is 2.38. The monoisotopic (exact) mass is 312 g/mol. The Balaban J connectivity index is 1.84. The molecule has 0 atom stereocenters. The van der Waals surface area contributed by atoms with Gasteiger partial charge in [0.15, 0.2) is 0 Å². The summed E-state index contributed by atoms with van der Waals surface area (Å²) in [6.07, 6.45) is 3.07. The van der Waals surface area contributed by atoms with Crippen molar-refractivity contribution in [1.82, 2.24) is 19.3 Å². The summed E-state index contributed by atoms with van der Waals surface area (Å²) in [7, 11) is -2.45. The molecule has 0 N–H and O–H groups in total. The Hall–Kier alpha value is -2.00. The Morgan fingerprint density at radius 2 is 1.95 bits per heavy atom. The number of hydrogen-bond donors (Lipinski definition) is 0. The molecule has 1 aromatic carbocycles. The van der Waals surface area contributed by atoms with Gasteiger partial charge in [-0.15, -0.1) is 0 Å². The maximum absolute atomic E-state index is 13.3. The smallest absolute Gasteiger partial charge is 0.247 e. The molecule has 9 heteroatoms. The van der Waals surface area contributed by atoms with Crippen molar-refractivity contribution < 1.29 is 17.5 Å². The van der Waals surface area contributed by atoms with Crippen molar-refractivity contribution in [1.29, 1.82) is 0 Å². The number of nitrogens with zero attached hydrogens (tertiary/aromatic N) is 4. The zero-order valence-corrected chi connectivity index (χ0v) is 12.0. The number of aromatic nitrogens is 3. The summed E-state index contributed by atoms with van der Waals surface area (Å²) in [6.45, 7) is 0.493. The van der Waals surface area contributed by atoms with Gasteiger partial charge < -0.3 is 4.74 Å². The minimum atomic E-state index is -3.79. The number of hydrogen-bond acceptors (Lipinski definition) is 5. The second-order valence-corrected chi connectivity index (χ2v) is 6.53. The fraction of sp³-hybridized carbons (Fsp3) is 0.333. The molecule has 0 unspecified atom stereocenters. The predicted octanol–water partition coefficient (Wildman–Crippen LogP) is 0.671. The van der Waals surface area contributed by atoms with E-state index in [0.717, 1.165) is 12.1 Å². The molecule has 2 aromatic rings. The first-order valence-corrected chi connectivity index (χ1v) is 7.66. The van der Waals surface area contributed by atoms with Crippen molar-refractivity contribution in [2.45, 2.75) is 10.9 Å². The van der Waals surface area contributed by atoms with Crippen LogP contribution in [0.3, 0.4) is 0 Å². The van der Waals surface area contributed by atoms with Gasteiger partial charge >= 0.3 is 0 Å². The Bertz CT molecular complexity index is 742. The summed E-state index contributed by atoms with van der Waals surface area (Å²) in [5.41, 5.74) is 0. The molecule has 1 aromatic heterocycles. The minimum absolute atomic E-state index is 0.102. The van der Waals surface area contributed by atoms with Crippen molar-refractivity contribution in [3.8, 4) is 5.75 Å². The van der Waals surface area contributed by atoms with E-state index in [1.54, 1.807) is 0 Å². The van der Waals surface area contributed by atoms with Crippen LogP contribution in [-0.4, -0.2) is 47.9 Å². The number of methoxy groups -OCH3 is 1. The molecule has 1 aliphatic rings. The highest BCUT2D eigenvalue weighted by Gasteiger charge is 2.40. The van der Waals surface area contributed by atoms with Crippen molar-refractivity contribution >= 4 is 10.0 Å². The molecular weight excluding hydrogens is 299 g/mol. The first-order valence-electron chi connectivity index (χ1n) is 6.22. The molecule has 2 heterocycles. The van der Waals surface area contributed by atoms with E-state index < -0.39 is 15.8 Å². The van der Waals surface area contributed by atoms with E-state index in [-0.39, 0.29) is 29.8 Å². The standard InChI is InChI=1S/C12H13FN4O3S/c1-20-11-3-2-9(13)6-12(11)21(18,19)16-7-10(8-16)17-14-4-5-15-17/h2-6,10H,7-8H2,1H3. The van der Waals surface area contributed by atoms with Gasteiger partial charge in [-0.2, -0.15) is 19.3 Å². The van der Waals surface area contributed by atoms with E-state index in [9.17, 15) is 12.8 Å². The Morgan fingerprint density at radius 1 is 1.29 bits per heavy atom. The van der Waals surface area contributed by atoms with Gasteiger partial charge in [-0.3, -0.25) is 0 Å². The fourth-order valence-electron chi connectivity index (χ4n) is 2.16.